The van der Waals surface area contributed by atoms with Crippen molar-refractivity contribution in [3.05, 3.63) is 47.9 Å². The molecule has 0 aromatic carbocycles. The Balaban J connectivity index is 0.00000115. The Bertz CT molecular complexity index is 640. The van der Waals surface area contributed by atoms with Crippen LogP contribution in [0.3, 0.4) is 0 Å². The van der Waals surface area contributed by atoms with Crippen molar-refractivity contribution in [2.24, 2.45) is 0 Å². The molecular weight excluding hydrogens is 436 g/mol. The van der Waals surface area contributed by atoms with Crippen molar-refractivity contribution in [3.8, 4) is 11.3 Å². The maximum atomic E-state index is 4.82. The smallest absolute Gasteiger partial charge is 0.0161 e. The summed E-state index contributed by atoms with van der Waals surface area (Å²) in [4.78, 5) is 9.52. The van der Waals surface area contributed by atoms with Crippen LogP contribution in [0.15, 0.2) is 30.6 Å². The van der Waals surface area contributed by atoms with E-state index in [0.717, 1.165) is 5.69 Å². The zero-order valence-corrected chi connectivity index (χ0v) is 14.3. The molecule has 2 heterocycles. The molecule has 2 nitrogen and oxygen atoms in total. The van der Waals surface area contributed by atoms with Crippen molar-refractivity contribution in [3.63, 3.8) is 0 Å². The Morgan fingerprint density at radius 1 is 0.952 bits per heavy atom. The van der Waals surface area contributed by atoms with E-state index in [2.05, 4.69) is 18.2 Å². The van der Waals surface area contributed by atoms with E-state index in [4.69, 9.17) is 9.97 Å². The van der Waals surface area contributed by atoms with Crippen LogP contribution in [0.2, 0.25) is 0 Å². The maximum absolute atomic E-state index is 4.82. The van der Waals surface area contributed by atoms with Crippen molar-refractivity contribution in [1.82, 2.24) is 9.97 Å². The molecule has 21 heavy (non-hydrogen) atoms. The second kappa shape index (κ2) is 4.47. The largest absolute Gasteiger partial charge is 0.356 e. The van der Waals surface area contributed by atoms with Gasteiger partial charge in [0.15, 0.2) is 0 Å². The molecule has 2 aromatic rings. The summed E-state index contributed by atoms with van der Waals surface area (Å²) in [5.74, 6) is 0. The molecule has 3 aliphatic rings. The van der Waals surface area contributed by atoms with Crippen LogP contribution < -0.4 is 0 Å². The molecule has 0 unspecified atom stereocenters. The van der Waals surface area contributed by atoms with Gasteiger partial charge >= 0.3 is 0 Å². The third-order valence-corrected chi connectivity index (χ3v) is 6.09. The Morgan fingerprint density at radius 2 is 1.71 bits per heavy atom. The van der Waals surface area contributed by atoms with E-state index < -0.39 is 0 Å². The Kier molecular flexibility index (Phi) is 2.90. The Labute approximate surface area is 138 Å². The normalized spacial score (nSPS) is 31.6. The van der Waals surface area contributed by atoms with Crippen LogP contribution >= 0.6 is 0 Å². The van der Waals surface area contributed by atoms with Crippen LogP contribution in [0.25, 0.3) is 11.3 Å². The molecule has 0 atom stereocenters. The average molecular weight is 454 g/mol. The number of nitrogens with zero attached hydrogens (tertiary/aromatic N) is 2. The van der Waals surface area contributed by atoms with Gasteiger partial charge in [-0.05, 0) is 54.0 Å². The Hall–Kier alpha value is -1.05. The van der Waals surface area contributed by atoms with Gasteiger partial charge in [0.1, 0.15) is 0 Å². The van der Waals surface area contributed by atoms with Crippen LogP contribution in [-0.4, -0.2) is 9.97 Å². The van der Waals surface area contributed by atoms with Crippen molar-refractivity contribution in [2.45, 2.75) is 49.4 Å². The minimum atomic E-state index is 0. The van der Waals surface area contributed by atoms with E-state index >= 15 is 0 Å². The molecule has 2 aromatic heterocycles. The van der Waals surface area contributed by atoms with E-state index in [1.807, 2.05) is 18.5 Å². The number of rotatable bonds is 0. The van der Waals surface area contributed by atoms with Crippen LogP contribution in [0.5, 0.6) is 0 Å². The van der Waals surface area contributed by atoms with Crippen molar-refractivity contribution >= 4 is 0 Å². The van der Waals surface area contributed by atoms with Crippen molar-refractivity contribution in [2.75, 3.05) is 0 Å². The fourth-order valence-electron chi connectivity index (χ4n) is 5.48. The summed E-state index contributed by atoms with van der Waals surface area (Å²) in [6, 6.07) is 9.80. The third kappa shape index (κ3) is 1.42. The summed E-state index contributed by atoms with van der Waals surface area (Å²) < 4.78 is 0. The van der Waals surface area contributed by atoms with Gasteiger partial charge in [-0.25, -0.2) is 0 Å². The van der Waals surface area contributed by atoms with Gasteiger partial charge in [-0.3, -0.25) is 0 Å². The summed E-state index contributed by atoms with van der Waals surface area (Å²) >= 11 is 0. The topological polar surface area (TPSA) is 25.8 Å². The predicted octanol–water partition coefficient (Wildman–Crippen LogP) is 3.80. The van der Waals surface area contributed by atoms with Crippen LogP contribution in [-0.2, 0) is 30.9 Å². The molecule has 1 radical (unpaired) electrons. The van der Waals surface area contributed by atoms with Gasteiger partial charge < -0.3 is 9.97 Å². The van der Waals surface area contributed by atoms with Gasteiger partial charge in [-0.15, -0.1) is 17.7 Å². The predicted molar refractivity (Wildman–Crippen MR) is 77.4 cm³/mol. The second-order valence-corrected chi connectivity index (χ2v) is 6.58. The molecule has 2 fully saturated rings. The standard InChI is InChI=1S/C18H17N2.Ir/c1-5-13-15-14(6-2-11-19-15)17-7-3-9-18(17,10-4-8-17)16(13)20-12-1;/h1-2,6,11-12H,3-4,7-10H2;/q-1;. The third-order valence-electron chi connectivity index (χ3n) is 6.09. The SMILES string of the molecule is [Ir].[c-]1ccnc2c1-c1ncccc1C13CCCC21CCC3. The molecule has 0 bridgehead atoms. The van der Waals surface area contributed by atoms with Crippen molar-refractivity contribution in [1.29, 1.82) is 0 Å². The Morgan fingerprint density at radius 3 is 2.52 bits per heavy atom. The molecule has 2 saturated carbocycles. The molecule has 0 saturated heterocycles. The molecule has 0 amide bonds. The van der Waals surface area contributed by atoms with Crippen LogP contribution in [0, 0.1) is 6.07 Å². The van der Waals surface area contributed by atoms with Gasteiger partial charge in [0.05, 0.1) is 0 Å². The quantitative estimate of drug-likeness (QED) is 0.567. The minimum absolute atomic E-state index is 0. The van der Waals surface area contributed by atoms with Crippen molar-refractivity contribution < 1.29 is 20.1 Å². The minimum Gasteiger partial charge on any atom is -0.356 e. The van der Waals surface area contributed by atoms with Crippen LogP contribution in [0.4, 0.5) is 0 Å². The first-order chi connectivity index (χ1) is 9.87. The summed E-state index contributed by atoms with van der Waals surface area (Å²) in [7, 11) is 0. The molecule has 5 rings (SSSR count). The van der Waals surface area contributed by atoms with Gasteiger partial charge in [0, 0.05) is 26.3 Å². The van der Waals surface area contributed by atoms with E-state index in [0.29, 0.717) is 5.41 Å². The monoisotopic (exact) mass is 454 g/mol. The molecule has 109 valence electrons. The number of aromatic nitrogens is 2. The number of fused-ring (bicyclic) bond motifs is 3. The maximum Gasteiger partial charge on any atom is 0.0161 e. The first-order valence-corrected chi connectivity index (χ1v) is 7.71. The average Bonchev–Trinajstić information content (AvgIpc) is 3.05. The van der Waals surface area contributed by atoms with Gasteiger partial charge in [0.25, 0.3) is 0 Å². The van der Waals surface area contributed by atoms with E-state index in [9.17, 15) is 0 Å². The van der Waals surface area contributed by atoms with Crippen LogP contribution in [0.1, 0.15) is 49.8 Å². The number of hydrogen-bond acceptors (Lipinski definition) is 2. The molecule has 0 aliphatic heterocycles. The molecule has 3 heteroatoms. The number of pyridine rings is 2. The molecular formula is C18H17IrN2-. The first kappa shape index (κ1) is 13.6. The zero-order valence-electron chi connectivity index (χ0n) is 11.9. The molecule has 3 aliphatic carbocycles. The number of hydrogen-bond donors (Lipinski definition) is 0. The summed E-state index contributed by atoms with van der Waals surface area (Å²) in [5, 5.41) is 0. The second-order valence-electron chi connectivity index (χ2n) is 6.58. The fraction of sp³-hybridized carbons (Fsp3) is 0.444. The summed E-state index contributed by atoms with van der Waals surface area (Å²) in [5.41, 5.74) is 5.67. The molecule has 0 spiro atoms. The van der Waals surface area contributed by atoms with E-state index in [-0.39, 0.29) is 25.5 Å². The van der Waals surface area contributed by atoms with E-state index in [1.54, 1.807) is 0 Å². The van der Waals surface area contributed by atoms with Gasteiger partial charge in [0.2, 0.25) is 0 Å². The van der Waals surface area contributed by atoms with E-state index in [1.165, 1.54) is 55.3 Å². The fourth-order valence-corrected chi connectivity index (χ4v) is 5.48. The van der Waals surface area contributed by atoms with Gasteiger partial charge in [-0.1, -0.05) is 30.7 Å². The summed E-state index contributed by atoms with van der Waals surface area (Å²) in [6.45, 7) is 0. The first-order valence-electron chi connectivity index (χ1n) is 7.71. The molecule has 0 N–H and O–H groups in total. The zero-order chi connectivity index (χ0) is 13.2. The van der Waals surface area contributed by atoms with Gasteiger partial charge in [-0.2, -0.15) is 0 Å². The summed E-state index contributed by atoms with van der Waals surface area (Å²) in [6.07, 6.45) is 11.7.